The Morgan fingerprint density at radius 1 is 1.16 bits per heavy atom. The van der Waals surface area contributed by atoms with Crippen molar-refractivity contribution in [1.82, 2.24) is 9.80 Å². The third-order valence-electron chi connectivity index (χ3n) is 4.51. The Bertz CT molecular complexity index is 723. The van der Waals surface area contributed by atoms with Gasteiger partial charge in [-0.05, 0) is 37.7 Å². The number of ether oxygens (including phenoxy) is 1. The molecule has 0 spiro atoms. The van der Waals surface area contributed by atoms with Gasteiger partial charge in [0.1, 0.15) is 5.75 Å². The Morgan fingerprint density at radius 3 is 2.64 bits per heavy atom. The lowest BCUT2D eigenvalue weighted by molar-refractivity contribution is -0.143. The van der Waals surface area contributed by atoms with Crippen molar-refractivity contribution in [3.05, 3.63) is 65.2 Å². The lowest BCUT2D eigenvalue weighted by Crippen LogP contribution is -2.52. The molecule has 5 heteroatoms. The average molecular weight is 359 g/mol. The van der Waals surface area contributed by atoms with E-state index in [-0.39, 0.29) is 11.9 Å². The minimum atomic E-state index is -0.562. The van der Waals surface area contributed by atoms with Gasteiger partial charge in [0.25, 0.3) is 5.91 Å². The number of nitrogens with zero attached hydrogens (tertiary/aromatic N) is 2. The van der Waals surface area contributed by atoms with E-state index in [1.807, 2.05) is 35.2 Å². The van der Waals surface area contributed by atoms with E-state index in [2.05, 4.69) is 24.1 Å². The monoisotopic (exact) mass is 358 g/mol. The summed E-state index contributed by atoms with van der Waals surface area (Å²) in [7, 11) is 2.09. The predicted octanol–water partition coefficient (Wildman–Crippen LogP) is 3.62. The number of hydrogen-bond donors (Lipinski definition) is 0. The highest BCUT2D eigenvalue weighted by Crippen LogP contribution is 2.26. The summed E-state index contributed by atoms with van der Waals surface area (Å²) in [5.74, 6) is 0.612. The van der Waals surface area contributed by atoms with E-state index in [1.165, 1.54) is 0 Å². The highest BCUT2D eigenvalue weighted by Gasteiger charge is 2.33. The Kier molecular flexibility index (Phi) is 5.61. The van der Waals surface area contributed by atoms with Crippen molar-refractivity contribution in [2.75, 3.05) is 26.7 Å². The van der Waals surface area contributed by atoms with E-state index in [4.69, 9.17) is 16.3 Å². The summed E-state index contributed by atoms with van der Waals surface area (Å²) in [6.45, 7) is 4.17. The van der Waals surface area contributed by atoms with Gasteiger partial charge < -0.3 is 14.5 Å². The third-order valence-corrected chi connectivity index (χ3v) is 4.74. The summed E-state index contributed by atoms with van der Waals surface area (Å²) in [6.07, 6.45) is -0.562. The highest BCUT2D eigenvalue weighted by atomic mass is 35.5. The molecule has 1 saturated heterocycles. The molecule has 25 heavy (non-hydrogen) atoms. The molecule has 0 unspecified atom stereocenters. The van der Waals surface area contributed by atoms with Gasteiger partial charge in [-0.3, -0.25) is 4.79 Å². The molecule has 2 atom stereocenters. The number of likely N-dealkylation sites (N-methyl/N-ethyl adjacent to an activating group) is 1. The number of piperazine rings is 1. The molecule has 0 aromatic heterocycles. The molecule has 3 rings (SSSR count). The van der Waals surface area contributed by atoms with Crippen LogP contribution in [0.15, 0.2) is 54.6 Å². The third kappa shape index (κ3) is 4.33. The quantitative estimate of drug-likeness (QED) is 0.836. The topological polar surface area (TPSA) is 32.8 Å². The Labute approximate surface area is 154 Å². The lowest BCUT2D eigenvalue weighted by Gasteiger charge is -2.41. The lowest BCUT2D eigenvalue weighted by atomic mass is 10.0. The number of rotatable bonds is 4. The number of carbonyl (C=O) groups is 1. The van der Waals surface area contributed by atoms with E-state index in [0.717, 1.165) is 18.7 Å². The average Bonchev–Trinajstić information content (AvgIpc) is 2.62. The molecule has 4 nitrogen and oxygen atoms in total. The molecular weight excluding hydrogens is 336 g/mol. The van der Waals surface area contributed by atoms with Gasteiger partial charge >= 0.3 is 0 Å². The van der Waals surface area contributed by atoms with Gasteiger partial charge in [-0.1, -0.05) is 48.0 Å². The SMILES string of the molecule is C[C@@H](Oc1cccc(Cl)c1)C(=O)N1CCN(C)C[C@H]1c1ccccc1. The van der Waals surface area contributed by atoms with Gasteiger partial charge in [-0.15, -0.1) is 0 Å². The zero-order valence-corrected chi connectivity index (χ0v) is 15.3. The molecule has 1 fully saturated rings. The van der Waals surface area contributed by atoms with Crippen molar-refractivity contribution < 1.29 is 9.53 Å². The molecule has 1 heterocycles. The van der Waals surface area contributed by atoms with Crippen LogP contribution in [0.5, 0.6) is 5.75 Å². The van der Waals surface area contributed by atoms with Gasteiger partial charge in [-0.25, -0.2) is 0 Å². The fourth-order valence-electron chi connectivity index (χ4n) is 3.17. The molecule has 0 saturated carbocycles. The minimum absolute atomic E-state index is 0.00179. The van der Waals surface area contributed by atoms with Crippen LogP contribution in [0.3, 0.4) is 0 Å². The molecule has 1 amide bonds. The van der Waals surface area contributed by atoms with E-state index < -0.39 is 6.10 Å². The summed E-state index contributed by atoms with van der Waals surface area (Å²) >= 11 is 5.99. The maximum atomic E-state index is 13.0. The van der Waals surface area contributed by atoms with Crippen LogP contribution in [0.2, 0.25) is 5.02 Å². The van der Waals surface area contributed by atoms with Crippen LogP contribution < -0.4 is 4.74 Å². The fourth-order valence-corrected chi connectivity index (χ4v) is 3.35. The molecule has 0 aliphatic carbocycles. The second-order valence-corrected chi connectivity index (χ2v) is 6.87. The predicted molar refractivity (Wildman–Crippen MR) is 99.9 cm³/mol. The van der Waals surface area contributed by atoms with Crippen LogP contribution in [0.4, 0.5) is 0 Å². The summed E-state index contributed by atoms with van der Waals surface area (Å²) in [6, 6.07) is 17.4. The van der Waals surface area contributed by atoms with Crippen molar-refractivity contribution in [2.45, 2.75) is 19.1 Å². The molecule has 0 bridgehead atoms. The first-order chi connectivity index (χ1) is 12.0. The number of benzene rings is 2. The van der Waals surface area contributed by atoms with E-state index in [1.54, 1.807) is 19.1 Å². The number of halogens is 1. The molecule has 1 aliphatic rings. The molecule has 2 aromatic rings. The maximum Gasteiger partial charge on any atom is 0.263 e. The van der Waals surface area contributed by atoms with Crippen LogP contribution >= 0.6 is 11.6 Å². The standard InChI is InChI=1S/C20H23ClN2O2/c1-15(25-18-10-6-9-17(21)13-18)20(24)23-12-11-22(2)14-19(23)16-7-4-3-5-8-16/h3-10,13,15,19H,11-12,14H2,1-2H3/t15-,19+/m1/s1. The molecular formula is C20H23ClN2O2. The molecule has 132 valence electrons. The van der Waals surface area contributed by atoms with Crippen molar-refractivity contribution in [3.63, 3.8) is 0 Å². The molecule has 1 aliphatic heterocycles. The number of hydrogen-bond acceptors (Lipinski definition) is 3. The van der Waals surface area contributed by atoms with Gasteiger partial charge in [-0.2, -0.15) is 0 Å². The van der Waals surface area contributed by atoms with Crippen LogP contribution in [-0.4, -0.2) is 48.5 Å². The van der Waals surface area contributed by atoms with Crippen LogP contribution in [0.25, 0.3) is 0 Å². The summed E-state index contributed by atoms with van der Waals surface area (Å²) in [4.78, 5) is 17.2. The Hall–Kier alpha value is -2.04. The first kappa shape index (κ1) is 17.8. The van der Waals surface area contributed by atoms with Gasteiger partial charge in [0, 0.05) is 24.7 Å². The van der Waals surface area contributed by atoms with Crippen LogP contribution in [0.1, 0.15) is 18.5 Å². The maximum absolute atomic E-state index is 13.0. The molecule has 0 radical (unpaired) electrons. The van der Waals surface area contributed by atoms with Crippen molar-refractivity contribution >= 4 is 17.5 Å². The summed E-state index contributed by atoms with van der Waals surface area (Å²) in [5.41, 5.74) is 1.15. The van der Waals surface area contributed by atoms with Crippen molar-refractivity contribution in [3.8, 4) is 5.75 Å². The van der Waals surface area contributed by atoms with Crippen molar-refractivity contribution in [1.29, 1.82) is 0 Å². The van der Waals surface area contributed by atoms with Gasteiger partial charge in [0.05, 0.1) is 6.04 Å². The first-order valence-electron chi connectivity index (χ1n) is 8.51. The summed E-state index contributed by atoms with van der Waals surface area (Å²) < 4.78 is 5.83. The molecule has 2 aromatic carbocycles. The first-order valence-corrected chi connectivity index (χ1v) is 8.88. The molecule has 0 N–H and O–H groups in total. The minimum Gasteiger partial charge on any atom is -0.481 e. The number of carbonyl (C=O) groups excluding carboxylic acids is 1. The van der Waals surface area contributed by atoms with Gasteiger partial charge in [0.2, 0.25) is 0 Å². The van der Waals surface area contributed by atoms with Gasteiger partial charge in [0.15, 0.2) is 6.10 Å². The summed E-state index contributed by atoms with van der Waals surface area (Å²) in [5, 5.41) is 0.596. The van der Waals surface area contributed by atoms with E-state index >= 15 is 0 Å². The zero-order chi connectivity index (χ0) is 17.8. The van der Waals surface area contributed by atoms with Crippen LogP contribution in [-0.2, 0) is 4.79 Å². The van der Waals surface area contributed by atoms with Crippen LogP contribution in [0, 0.1) is 0 Å². The van der Waals surface area contributed by atoms with E-state index in [0.29, 0.717) is 17.3 Å². The number of amides is 1. The zero-order valence-electron chi connectivity index (χ0n) is 14.6. The Balaban J connectivity index is 1.76. The smallest absolute Gasteiger partial charge is 0.263 e. The highest BCUT2D eigenvalue weighted by molar-refractivity contribution is 6.30. The van der Waals surface area contributed by atoms with E-state index in [9.17, 15) is 4.79 Å². The van der Waals surface area contributed by atoms with Crippen molar-refractivity contribution in [2.24, 2.45) is 0 Å². The second kappa shape index (κ2) is 7.89. The Morgan fingerprint density at radius 2 is 1.92 bits per heavy atom. The second-order valence-electron chi connectivity index (χ2n) is 6.44. The fraction of sp³-hybridized carbons (Fsp3) is 0.350. The largest absolute Gasteiger partial charge is 0.481 e. The normalized spacial score (nSPS) is 19.5.